The van der Waals surface area contributed by atoms with Gasteiger partial charge in [-0.3, -0.25) is 14.8 Å². The van der Waals surface area contributed by atoms with E-state index in [1.807, 2.05) is 12.1 Å². The van der Waals surface area contributed by atoms with E-state index in [1.54, 1.807) is 24.3 Å². The number of carbonyl (C=O) groups is 1. The van der Waals surface area contributed by atoms with Gasteiger partial charge in [-0.2, -0.15) is 0 Å². The molecule has 0 radical (unpaired) electrons. The van der Waals surface area contributed by atoms with Crippen LogP contribution in [0.2, 0.25) is 0 Å². The zero-order chi connectivity index (χ0) is 13.2. The molecule has 0 aliphatic carbocycles. The van der Waals surface area contributed by atoms with Crippen LogP contribution in [0.1, 0.15) is 6.42 Å². The normalized spacial score (nSPS) is 29.8. The van der Waals surface area contributed by atoms with Crippen LogP contribution in [0.25, 0.3) is 0 Å². The third-order valence-corrected chi connectivity index (χ3v) is 3.63. The molecule has 1 N–H and O–H groups in total. The number of hydrogen-bond acceptors (Lipinski definition) is 5. The van der Waals surface area contributed by atoms with Crippen LogP contribution in [0.5, 0.6) is 0 Å². The van der Waals surface area contributed by atoms with Gasteiger partial charge in [-0.05, 0) is 25.6 Å². The summed E-state index contributed by atoms with van der Waals surface area (Å²) in [6.07, 6.45) is 5.45. The largest absolute Gasteiger partial charge is 0.476 e. The molecule has 2 aliphatic rings. The number of pyridine rings is 1. The first-order valence-corrected chi connectivity index (χ1v) is 6.37. The van der Waals surface area contributed by atoms with E-state index < -0.39 is 0 Å². The fourth-order valence-electron chi connectivity index (χ4n) is 2.64. The summed E-state index contributed by atoms with van der Waals surface area (Å²) in [4.78, 5) is 22.7. The number of fused-ring (bicyclic) bond motifs is 1. The molecule has 0 saturated carbocycles. The fraction of sp³-hybridized carbons (Fsp3) is 0.462. The minimum atomic E-state index is -0.379. The Morgan fingerprint density at radius 3 is 3.16 bits per heavy atom. The molecule has 0 bridgehead atoms. The van der Waals surface area contributed by atoms with E-state index in [1.165, 1.54) is 6.40 Å². The molecule has 1 fully saturated rings. The lowest BCUT2D eigenvalue weighted by molar-refractivity contribution is -0.122. The highest BCUT2D eigenvalue weighted by molar-refractivity contribution is 5.98. The van der Waals surface area contributed by atoms with Crippen molar-refractivity contribution in [2.75, 3.05) is 18.5 Å². The molecule has 6 heteroatoms. The van der Waals surface area contributed by atoms with Crippen molar-refractivity contribution >= 4 is 18.0 Å². The van der Waals surface area contributed by atoms with Crippen molar-refractivity contribution in [1.82, 2.24) is 10.3 Å². The van der Waals surface area contributed by atoms with E-state index in [4.69, 9.17) is 4.74 Å². The van der Waals surface area contributed by atoms with Gasteiger partial charge in [0.15, 0.2) is 6.40 Å². The number of nitrogens with one attached hydrogen (secondary N) is 1. The molecule has 2 aliphatic heterocycles. The number of aliphatic imine (C=N–C) groups is 1. The highest BCUT2D eigenvalue weighted by Gasteiger charge is 2.42. The van der Waals surface area contributed by atoms with Crippen LogP contribution in [-0.4, -0.2) is 49.1 Å². The highest BCUT2D eigenvalue weighted by Crippen LogP contribution is 2.25. The van der Waals surface area contributed by atoms with Gasteiger partial charge in [0, 0.05) is 12.7 Å². The molecule has 1 aromatic heterocycles. The third kappa shape index (κ3) is 2.08. The second kappa shape index (κ2) is 4.97. The number of rotatable bonds is 2. The molecule has 1 aromatic rings. The Morgan fingerprint density at radius 2 is 2.42 bits per heavy atom. The van der Waals surface area contributed by atoms with Crippen molar-refractivity contribution < 1.29 is 9.53 Å². The second-order valence-electron chi connectivity index (χ2n) is 4.68. The van der Waals surface area contributed by atoms with Gasteiger partial charge in [0.25, 0.3) is 0 Å². The van der Waals surface area contributed by atoms with Crippen LogP contribution < -0.4 is 10.2 Å². The zero-order valence-electron chi connectivity index (χ0n) is 10.7. The summed E-state index contributed by atoms with van der Waals surface area (Å²) in [5, 5.41) is 3.05. The van der Waals surface area contributed by atoms with Crippen molar-refractivity contribution in [3.8, 4) is 0 Å². The summed E-state index contributed by atoms with van der Waals surface area (Å²) >= 11 is 0. The minimum absolute atomic E-state index is 0.00787. The highest BCUT2D eigenvalue weighted by atomic mass is 16.5. The molecule has 3 rings (SSSR count). The molecule has 6 nitrogen and oxygen atoms in total. The first-order chi connectivity index (χ1) is 9.31. The Balaban J connectivity index is 1.91. The first-order valence-electron chi connectivity index (χ1n) is 6.37. The summed E-state index contributed by atoms with van der Waals surface area (Å²) in [5.74, 6) is 0.00787. The van der Waals surface area contributed by atoms with Crippen molar-refractivity contribution in [2.45, 2.75) is 24.6 Å². The number of nitrogens with zero attached hydrogens (tertiary/aromatic N) is 3. The molecule has 1 saturated heterocycles. The Hall–Kier alpha value is -1.95. The maximum absolute atomic E-state index is 12.6. The first kappa shape index (κ1) is 12.1. The summed E-state index contributed by atoms with van der Waals surface area (Å²) < 4.78 is 5.48. The Bertz CT molecular complexity index is 491. The Labute approximate surface area is 111 Å². The molecule has 0 spiro atoms. The van der Waals surface area contributed by atoms with Gasteiger partial charge in [-0.1, -0.05) is 0 Å². The average Bonchev–Trinajstić information content (AvgIpc) is 2.85. The number of anilines is 1. The van der Waals surface area contributed by atoms with Gasteiger partial charge in [0.05, 0.1) is 17.9 Å². The lowest BCUT2D eigenvalue weighted by Gasteiger charge is -2.26. The van der Waals surface area contributed by atoms with Crippen LogP contribution in [0.15, 0.2) is 29.5 Å². The smallest absolute Gasteiger partial charge is 0.248 e. The maximum Gasteiger partial charge on any atom is 0.248 e. The van der Waals surface area contributed by atoms with Crippen LogP contribution in [0.3, 0.4) is 0 Å². The van der Waals surface area contributed by atoms with Gasteiger partial charge in [-0.25, -0.2) is 0 Å². The number of hydrogen-bond donors (Lipinski definition) is 1. The predicted molar refractivity (Wildman–Crippen MR) is 71.2 cm³/mol. The zero-order valence-corrected chi connectivity index (χ0v) is 10.7. The molecule has 3 heterocycles. The van der Waals surface area contributed by atoms with E-state index in [0.29, 0.717) is 6.54 Å². The number of likely N-dealkylation sites (N-methyl/N-ethyl adjacent to an activating group) is 1. The quantitative estimate of drug-likeness (QED) is 0.825. The lowest BCUT2D eigenvalue weighted by Crippen LogP contribution is -2.51. The lowest BCUT2D eigenvalue weighted by atomic mass is 10.0. The molecular formula is C13H16N4O2. The average molecular weight is 260 g/mol. The number of aromatic nitrogens is 1. The maximum atomic E-state index is 12.6. The molecule has 19 heavy (non-hydrogen) atoms. The van der Waals surface area contributed by atoms with Crippen molar-refractivity contribution in [3.05, 3.63) is 24.5 Å². The Kier molecular flexibility index (Phi) is 3.16. The monoisotopic (exact) mass is 260 g/mol. The summed E-state index contributed by atoms with van der Waals surface area (Å²) in [6.45, 7) is 0.630. The van der Waals surface area contributed by atoms with Crippen LogP contribution in [0.4, 0.5) is 5.69 Å². The topological polar surface area (TPSA) is 66.8 Å². The summed E-state index contributed by atoms with van der Waals surface area (Å²) in [5.41, 5.74) is 0.816. The molecule has 3 atom stereocenters. The van der Waals surface area contributed by atoms with Gasteiger partial charge < -0.3 is 15.0 Å². The van der Waals surface area contributed by atoms with Gasteiger partial charge in [0.2, 0.25) is 5.91 Å². The van der Waals surface area contributed by atoms with E-state index in [2.05, 4.69) is 15.3 Å². The van der Waals surface area contributed by atoms with Gasteiger partial charge in [0.1, 0.15) is 12.1 Å². The van der Waals surface area contributed by atoms with Crippen LogP contribution in [0, 0.1) is 0 Å². The van der Waals surface area contributed by atoms with Gasteiger partial charge >= 0.3 is 0 Å². The molecule has 0 aromatic carbocycles. The van der Waals surface area contributed by atoms with Crippen molar-refractivity contribution in [2.24, 2.45) is 4.99 Å². The molecular weight excluding hydrogens is 244 g/mol. The van der Waals surface area contributed by atoms with Gasteiger partial charge in [-0.15, -0.1) is 0 Å². The summed E-state index contributed by atoms with van der Waals surface area (Å²) in [6, 6.07) is 3.39. The summed E-state index contributed by atoms with van der Waals surface area (Å²) in [7, 11) is 1.77. The SMILES string of the molecule is CNC1C(=O)N(c2cccnc2)CCC2N=COC21. The van der Waals surface area contributed by atoms with E-state index in [0.717, 1.165) is 12.1 Å². The molecule has 1 amide bonds. The van der Waals surface area contributed by atoms with Crippen molar-refractivity contribution in [1.29, 1.82) is 0 Å². The Morgan fingerprint density at radius 1 is 1.53 bits per heavy atom. The van der Waals surface area contributed by atoms with E-state index in [9.17, 15) is 4.79 Å². The number of ether oxygens (including phenoxy) is 1. The van der Waals surface area contributed by atoms with Crippen LogP contribution in [-0.2, 0) is 9.53 Å². The minimum Gasteiger partial charge on any atom is -0.476 e. The van der Waals surface area contributed by atoms with Crippen LogP contribution >= 0.6 is 0 Å². The number of carbonyl (C=O) groups excluding carboxylic acids is 1. The molecule has 100 valence electrons. The number of amides is 1. The predicted octanol–water partition coefficient (Wildman–Crippen LogP) is 0.202. The fourth-order valence-corrected chi connectivity index (χ4v) is 2.64. The second-order valence-corrected chi connectivity index (χ2v) is 4.68. The molecule has 3 unspecified atom stereocenters. The van der Waals surface area contributed by atoms with E-state index >= 15 is 0 Å². The third-order valence-electron chi connectivity index (χ3n) is 3.63. The van der Waals surface area contributed by atoms with Crippen molar-refractivity contribution in [3.63, 3.8) is 0 Å². The van der Waals surface area contributed by atoms with E-state index in [-0.39, 0.29) is 24.1 Å². The standard InChI is InChI=1S/C13H16N4O2/c1-14-11-12-10(16-8-19-12)4-6-17(13(11)18)9-3-2-5-15-7-9/h2-3,5,7-8,10-12,14H,4,6H2,1H3.